The predicted molar refractivity (Wildman–Crippen MR) is 126 cm³/mol. The normalized spacial score (nSPS) is 18.3. The molecule has 2 aliphatic rings. The average molecular weight is 426 g/mol. The Morgan fingerprint density at radius 3 is 2.72 bits per heavy atom. The molecule has 3 aromatic heterocycles. The van der Waals surface area contributed by atoms with Gasteiger partial charge in [0.25, 0.3) is 0 Å². The summed E-state index contributed by atoms with van der Waals surface area (Å²) in [5, 5.41) is 0.768. The lowest BCUT2D eigenvalue weighted by atomic mass is 10.0. The first-order valence-corrected chi connectivity index (χ1v) is 11.4. The van der Waals surface area contributed by atoms with Gasteiger partial charge in [-0.2, -0.15) is 0 Å². The van der Waals surface area contributed by atoms with Gasteiger partial charge in [-0.3, -0.25) is 14.8 Å². The molecule has 6 nitrogen and oxygen atoms in total. The van der Waals surface area contributed by atoms with E-state index in [9.17, 15) is 4.79 Å². The number of nitrogens with two attached hydrogens (primary N) is 1. The molecule has 1 saturated carbocycles. The zero-order valence-electron chi connectivity index (χ0n) is 18.7. The first-order valence-electron chi connectivity index (χ1n) is 11.4. The standard InChI is InChI=1S/C24H21N5O.C2H6/c1-13-3-2-4-20(27-13)21-22(29-16-7-5-15(11-16)24(29)28-21)14-6-8-19-18(12-14)17(23(25)30)9-10-26-19;1-2/h2-4,6,8-10,12,15-16H,5,7,11H2,1H3,(H2,25,30);1-2H3. The predicted octanol–water partition coefficient (Wildman–Crippen LogP) is 5.42. The maximum Gasteiger partial charge on any atom is 0.249 e. The van der Waals surface area contributed by atoms with Crippen molar-refractivity contribution >= 4 is 16.8 Å². The minimum Gasteiger partial charge on any atom is -0.366 e. The third-order valence-electron chi connectivity index (χ3n) is 6.49. The highest BCUT2D eigenvalue weighted by Crippen LogP contribution is 2.52. The second-order valence-electron chi connectivity index (χ2n) is 8.32. The van der Waals surface area contributed by atoms with Crippen LogP contribution in [0.2, 0.25) is 0 Å². The van der Waals surface area contributed by atoms with Gasteiger partial charge in [-0.15, -0.1) is 0 Å². The molecule has 1 aliphatic heterocycles. The molecule has 0 spiro atoms. The van der Waals surface area contributed by atoms with Crippen LogP contribution in [-0.2, 0) is 0 Å². The van der Waals surface area contributed by atoms with Gasteiger partial charge in [0.15, 0.2) is 0 Å². The number of amides is 1. The monoisotopic (exact) mass is 425 g/mol. The van der Waals surface area contributed by atoms with Gasteiger partial charge in [0.1, 0.15) is 11.5 Å². The van der Waals surface area contributed by atoms with Crippen molar-refractivity contribution in [3.05, 3.63) is 65.7 Å². The van der Waals surface area contributed by atoms with Gasteiger partial charge in [0.2, 0.25) is 5.91 Å². The molecule has 2 unspecified atom stereocenters. The van der Waals surface area contributed by atoms with Crippen LogP contribution in [0, 0.1) is 6.92 Å². The first kappa shape index (κ1) is 20.4. The second-order valence-corrected chi connectivity index (χ2v) is 8.32. The van der Waals surface area contributed by atoms with Gasteiger partial charge in [-0.1, -0.05) is 26.0 Å². The highest BCUT2D eigenvalue weighted by Gasteiger charge is 2.41. The summed E-state index contributed by atoms with van der Waals surface area (Å²) < 4.78 is 2.41. The van der Waals surface area contributed by atoms with Gasteiger partial charge in [0.05, 0.1) is 22.5 Å². The van der Waals surface area contributed by atoms with E-state index in [1.165, 1.54) is 25.1 Å². The molecule has 4 heterocycles. The van der Waals surface area contributed by atoms with Crippen molar-refractivity contribution in [2.75, 3.05) is 0 Å². The smallest absolute Gasteiger partial charge is 0.249 e. The summed E-state index contributed by atoms with van der Waals surface area (Å²) in [7, 11) is 0. The Hall–Kier alpha value is -3.54. The van der Waals surface area contributed by atoms with Crippen molar-refractivity contribution in [3.63, 3.8) is 0 Å². The number of benzene rings is 1. The van der Waals surface area contributed by atoms with Crippen molar-refractivity contribution < 1.29 is 4.79 Å². The number of hydrogen-bond donors (Lipinski definition) is 1. The third kappa shape index (κ3) is 3.09. The molecule has 2 bridgehead atoms. The van der Waals surface area contributed by atoms with Gasteiger partial charge in [0, 0.05) is 34.8 Å². The topological polar surface area (TPSA) is 86.7 Å². The molecule has 0 saturated heterocycles. The Morgan fingerprint density at radius 2 is 1.94 bits per heavy atom. The number of pyridine rings is 2. The maximum absolute atomic E-state index is 12.0. The van der Waals surface area contributed by atoms with Crippen molar-refractivity contribution in [2.24, 2.45) is 5.73 Å². The second kappa shape index (κ2) is 7.86. The molecular weight excluding hydrogens is 398 g/mol. The number of aryl methyl sites for hydroxylation is 1. The molecule has 4 aromatic rings. The zero-order valence-corrected chi connectivity index (χ0v) is 18.7. The summed E-state index contributed by atoms with van der Waals surface area (Å²) in [5.74, 6) is 1.24. The van der Waals surface area contributed by atoms with Crippen LogP contribution in [-0.4, -0.2) is 25.4 Å². The van der Waals surface area contributed by atoms with Crippen molar-refractivity contribution in [1.82, 2.24) is 19.5 Å². The fraction of sp³-hybridized carbons (Fsp3) is 0.308. The lowest BCUT2D eigenvalue weighted by Crippen LogP contribution is -2.12. The van der Waals surface area contributed by atoms with Gasteiger partial charge in [-0.05, 0) is 56.5 Å². The lowest BCUT2D eigenvalue weighted by molar-refractivity contribution is 0.100. The van der Waals surface area contributed by atoms with Crippen LogP contribution in [0.5, 0.6) is 0 Å². The molecule has 1 aliphatic carbocycles. The minimum absolute atomic E-state index is 0.447. The molecule has 162 valence electrons. The van der Waals surface area contributed by atoms with Gasteiger partial charge >= 0.3 is 0 Å². The van der Waals surface area contributed by atoms with E-state index < -0.39 is 5.91 Å². The largest absolute Gasteiger partial charge is 0.366 e. The molecule has 6 heteroatoms. The Bertz CT molecular complexity index is 1340. The minimum atomic E-state index is -0.447. The fourth-order valence-electron chi connectivity index (χ4n) is 5.17. The van der Waals surface area contributed by atoms with Crippen LogP contribution < -0.4 is 5.73 Å². The van der Waals surface area contributed by atoms with Crippen molar-refractivity contribution in [1.29, 1.82) is 0 Å². The molecule has 2 N–H and O–H groups in total. The number of carbonyl (C=O) groups excluding carboxylic acids is 1. The Kier molecular flexibility index (Phi) is 5.00. The summed E-state index contributed by atoms with van der Waals surface area (Å²) in [6, 6.07) is 14.2. The molecule has 0 radical (unpaired) electrons. The van der Waals surface area contributed by atoms with E-state index in [1.807, 2.05) is 51.1 Å². The molecule has 2 atom stereocenters. The SMILES string of the molecule is CC.Cc1cccc(-c2nc3n(c2-c2ccc4nccc(C(N)=O)c4c2)C2CCC3C2)n1. The number of aromatic nitrogens is 4. The Morgan fingerprint density at radius 1 is 1.09 bits per heavy atom. The lowest BCUT2D eigenvalue weighted by Gasteiger charge is -2.18. The number of primary amides is 1. The average Bonchev–Trinajstić information content (AvgIpc) is 3.52. The van der Waals surface area contributed by atoms with Crippen molar-refractivity contribution in [3.8, 4) is 22.6 Å². The summed E-state index contributed by atoms with van der Waals surface area (Å²) in [6.07, 6.45) is 5.18. The number of carbonyl (C=O) groups is 1. The quantitative estimate of drug-likeness (QED) is 0.475. The number of hydrogen-bond acceptors (Lipinski definition) is 4. The highest BCUT2D eigenvalue weighted by atomic mass is 16.1. The molecule has 1 amide bonds. The Balaban J connectivity index is 0.00000105. The third-order valence-corrected chi connectivity index (χ3v) is 6.49. The summed E-state index contributed by atoms with van der Waals surface area (Å²) >= 11 is 0. The summed E-state index contributed by atoms with van der Waals surface area (Å²) in [5.41, 5.74) is 11.7. The number of fused-ring (bicyclic) bond motifs is 6. The van der Waals surface area contributed by atoms with E-state index in [1.54, 1.807) is 12.3 Å². The van der Waals surface area contributed by atoms with Crippen LogP contribution in [0.15, 0.2) is 48.7 Å². The molecular formula is C26H27N5O. The van der Waals surface area contributed by atoms with Crippen LogP contribution in [0.25, 0.3) is 33.5 Å². The molecule has 32 heavy (non-hydrogen) atoms. The van der Waals surface area contributed by atoms with E-state index in [0.29, 0.717) is 17.5 Å². The summed E-state index contributed by atoms with van der Waals surface area (Å²) in [4.78, 5) is 26.3. The number of rotatable bonds is 3. The molecule has 1 fully saturated rings. The van der Waals surface area contributed by atoms with Crippen LogP contribution in [0.3, 0.4) is 0 Å². The Labute approximate surface area is 187 Å². The molecule has 6 rings (SSSR count). The van der Waals surface area contributed by atoms with Crippen LogP contribution >= 0.6 is 0 Å². The van der Waals surface area contributed by atoms with Crippen LogP contribution in [0.1, 0.15) is 66.9 Å². The van der Waals surface area contributed by atoms with Gasteiger partial charge < -0.3 is 10.3 Å². The number of imidazole rings is 1. The van der Waals surface area contributed by atoms with Crippen molar-refractivity contribution in [2.45, 2.75) is 52.0 Å². The first-order chi connectivity index (χ1) is 15.6. The van der Waals surface area contributed by atoms with E-state index in [0.717, 1.165) is 39.2 Å². The highest BCUT2D eigenvalue weighted by molar-refractivity contribution is 6.06. The zero-order chi connectivity index (χ0) is 22.4. The van der Waals surface area contributed by atoms with E-state index in [2.05, 4.69) is 15.6 Å². The maximum atomic E-state index is 12.0. The fourth-order valence-corrected chi connectivity index (χ4v) is 5.17. The van der Waals surface area contributed by atoms with Crippen LogP contribution in [0.4, 0.5) is 0 Å². The number of nitrogens with zero attached hydrogens (tertiary/aromatic N) is 4. The van der Waals surface area contributed by atoms with Gasteiger partial charge in [-0.25, -0.2) is 4.98 Å². The van der Waals surface area contributed by atoms with E-state index >= 15 is 0 Å². The summed E-state index contributed by atoms with van der Waals surface area (Å²) in [6.45, 7) is 6.00. The van der Waals surface area contributed by atoms with E-state index in [4.69, 9.17) is 15.7 Å². The van der Waals surface area contributed by atoms with E-state index in [-0.39, 0.29) is 0 Å². The molecule has 1 aromatic carbocycles.